The number of benzene rings is 1. The summed E-state index contributed by atoms with van der Waals surface area (Å²) in [6, 6.07) is 8.91. The van der Waals surface area contributed by atoms with Crippen molar-refractivity contribution in [3.05, 3.63) is 36.7 Å². The fraction of sp³-hybridized carbons (Fsp3) is 0.308. The zero-order valence-electron chi connectivity index (χ0n) is 9.02. The highest BCUT2D eigenvalue weighted by Crippen LogP contribution is 2.25. The van der Waals surface area contributed by atoms with Gasteiger partial charge in [-0.1, -0.05) is 0 Å². The van der Waals surface area contributed by atoms with Crippen LogP contribution in [0.4, 0.5) is 5.69 Å². The van der Waals surface area contributed by atoms with Gasteiger partial charge in [0.25, 0.3) is 0 Å². The standard InChI is InChI=1S/C13H14N2O/c1-2-11(3-1)15-12-6-4-10(5-7-12)13-14-8-9-16-13/h4-9,11,15H,1-3H2. The summed E-state index contributed by atoms with van der Waals surface area (Å²) in [6.45, 7) is 0. The van der Waals surface area contributed by atoms with Gasteiger partial charge in [-0.3, -0.25) is 0 Å². The quantitative estimate of drug-likeness (QED) is 0.851. The summed E-state index contributed by atoms with van der Waals surface area (Å²) in [7, 11) is 0. The summed E-state index contributed by atoms with van der Waals surface area (Å²) in [5.41, 5.74) is 2.20. The monoisotopic (exact) mass is 214 g/mol. The molecule has 3 nitrogen and oxygen atoms in total. The van der Waals surface area contributed by atoms with E-state index < -0.39 is 0 Å². The number of hydrogen-bond donors (Lipinski definition) is 1. The minimum absolute atomic E-state index is 0.674. The molecule has 0 unspecified atom stereocenters. The van der Waals surface area contributed by atoms with E-state index >= 15 is 0 Å². The van der Waals surface area contributed by atoms with E-state index in [1.807, 2.05) is 12.1 Å². The zero-order valence-corrected chi connectivity index (χ0v) is 9.02. The highest BCUT2D eigenvalue weighted by molar-refractivity contribution is 5.58. The van der Waals surface area contributed by atoms with Gasteiger partial charge in [0.2, 0.25) is 5.89 Å². The van der Waals surface area contributed by atoms with Crippen LogP contribution in [0.25, 0.3) is 11.5 Å². The first-order valence-corrected chi connectivity index (χ1v) is 5.68. The minimum atomic E-state index is 0.674. The number of aromatic nitrogens is 1. The molecule has 1 aliphatic carbocycles. The van der Waals surface area contributed by atoms with Crippen molar-refractivity contribution in [2.24, 2.45) is 0 Å². The van der Waals surface area contributed by atoms with Gasteiger partial charge in [0, 0.05) is 17.3 Å². The molecule has 1 N–H and O–H groups in total. The third-order valence-electron chi connectivity index (χ3n) is 3.04. The van der Waals surface area contributed by atoms with Gasteiger partial charge in [0.05, 0.1) is 6.20 Å². The van der Waals surface area contributed by atoms with Crippen LogP contribution in [0.2, 0.25) is 0 Å². The number of anilines is 1. The van der Waals surface area contributed by atoms with Crippen molar-refractivity contribution < 1.29 is 4.42 Å². The molecule has 1 aliphatic rings. The number of rotatable bonds is 3. The van der Waals surface area contributed by atoms with Gasteiger partial charge in [0.1, 0.15) is 6.26 Å². The lowest BCUT2D eigenvalue weighted by molar-refractivity contribution is 0.445. The van der Waals surface area contributed by atoms with E-state index in [1.165, 1.54) is 24.9 Å². The van der Waals surface area contributed by atoms with Crippen molar-refractivity contribution in [2.75, 3.05) is 5.32 Å². The molecule has 0 atom stereocenters. The molecule has 1 heterocycles. The SMILES string of the molecule is c1coc(-c2ccc(NC3CCC3)cc2)n1. The van der Waals surface area contributed by atoms with Crippen molar-refractivity contribution in [3.8, 4) is 11.5 Å². The van der Waals surface area contributed by atoms with Crippen molar-refractivity contribution in [1.82, 2.24) is 4.98 Å². The molecule has 1 fully saturated rings. The number of oxazole rings is 1. The highest BCUT2D eigenvalue weighted by atomic mass is 16.3. The average Bonchev–Trinajstić information content (AvgIpc) is 2.78. The molecule has 2 aromatic rings. The van der Waals surface area contributed by atoms with Crippen molar-refractivity contribution in [2.45, 2.75) is 25.3 Å². The first kappa shape index (κ1) is 9.46. The van der Waals surface area contributed by atoms with Gasteiger partial charge >= 0.3 is 0 Å². The number of nitrogens with zero attached hydrogens (tertiary/aromatic N) is 1. The molecule has 16 heavy (non-hydrogen) atoms. The van der Waals surface area contributed by atoms with Crippen molar-refractivity contribution in [3.63, 3.8) is 0 Å². The predicted octanol–water partition coefficient (Wildman–Crippen LogP) is 3.31. The molecule has 0 aliphatic heterocycles. The normalized spacial score (nSPS) is 15.8. The van der Waals surface area contributed by atoms with Crippen LogP contribution in [-0.2, 0) is 0 Å². The summed E-state index contributed by atoms with van der Waals surface area (Å²) < 4.78 is 5.24. The van der Waals surface area contributed by atoms with Crippen molar-refractivity contribution >= 4 is 5.69 Å². The molecule has 0 spiro atoms. The first-order valence-electron chi connectivity index (χ1n) is 5.68. The Balaban J connectivity index is 1.74. The van der Waals surface area contributed by atoms with E-state index in [2.05, 4.69) is 22.4 Å². The molecule has 0 bridgehead atoms. The van der Waals surface area contributed by atoms with Crippen molar-refractivity contribution in [1.29, 1.82) is 0 Å². The fourth-order valence-corrected chi connectivity index (χ4v) is 1.86. The molecule has 82 valence electrons. The predicted molar refractivity (Wildman–Crippen MR) is 63.2 cm³/mol. The lowest BCUT2D eigenvalue weighted by Crippen LogP contribution is -2.26. The van der Waals surface area contributed by atoms with Gasteiger partial charge in [0.15, 0.2) is 0 Å². The van der Waals surface area contributed by atoms with E-state index in [1.54, 1.807) is 12.5 Å². The summed E-state index contributed by atoms with van der Waals surface area (Å²) in [5.74, 6) is 0.676. The summed E-state index contributed by atoms with van der Waals surface area (Å²) in [5, 5.41) is 3.50. The smallest absolute Gasteiger partial charge is 0.225 e. The van der Waals surface area contributed by atoms with Gasteiger partial charge in [-0.2, -0.15) is 0 Å². The first-order chi connectivity index (χ1) is 7.92. The lowest BCUT2D eigenvalue weighted by atomic mass is 9.93. The van der Waals surface area contributed by atoms with Crippen LogP contribution in [0.15, 0.2) is 41.1 Å². The molecule has 3 rings (SSSR count). The lowest BCUT2D eigenvalue weighted by Gasteiger charge is -2.27. The maximum absolute atomic E-state index is 5.24. The van der Waals surface area contributed by atoms with Crippen LogP contribution in [0.1, 0.15) is 19.3 Å². The number of hydrogen-bond acceptors (Lipinski definition) is 3. The minimum Gasteiger partial charge on any atom is -0.445 e. The van der Waals surface area contributed by atoms with Crippen LogP contribution in [0.5, 0.6) is 0 Å². The maximum Gasteiger partial charge on any atom is 0.225 e. The second-order valence-electron chi connectivity index (χ2n) is 4.19. The molecule has 1 aromatic heterocycles. The van der Waals surface area contributed by atoms with E-state index in [9.17, 15) is 0 Å². The molecule has 3 heteroatoms. The zero-order chi connectivity index (χ0) is 10.8. The Kier molecular flexibility index (Phi) is 2.37. The molecule has 0 radical (unpaired) electrons. The Hall–Kier alpha value is -1.77. The van der Waals surface area contributed by atoms with Crippen LogP contribution in [0.3, 0.4) is 0 Å². The highest BCUT2D eigenvalue weighted by Gasteiger charge is 2.16. The largest absolute Gasteiger partial charge is 0.445 e. The van der Waals surface area contributed by atoms with Crippen LogP contribution in [-0.4, -0.2) is 11.0 Å². The Morgan fingerprint density at radius 1 is 1.19 bits per heavy atom. The van der Waals surface area contributed by atoms with Crippen LogP contribution >= 0.6 is 0 Å². The molecular formula is C13H14N2O. The Morgan fingerprint density at radius 2 is 2.00 bits per heavy atom. The van der Waals surface area contributed by atoms with Gasteiger partial charge in [-0.25, -0.2) is 4.98 Å². The Bertz CT molecular complexity index is 443. The summed E-state index contributed by atoms with van der Waals surface area (Å²) >= 11 is 0. The van der Waals surface area contributed by atoms with Gasteiger partial charge in [-0.05, 0) is 43.5 Å². The Morgan fingerprint density at radius 3 is 2.56 bits per heavy atom. The second-order valence-corrected chi connectivity index (χ2v) is 4.19. The van der Waals surface area contributed by atoms with E-state index in [-0.39, 0.29) is 0 Å². The van der Waals surface area contributed by atoms with Crippen LogP contribution in [0, 0.1) is 0 Å². The average molecular weight is 214 g/mol. The third-order valence-corrected chi connectivity index (χ3v) is 3.04. The molecule has 0 amide bonds. The Labute approximate surface area is 94.5 Å². The molecular weight excluding hydrogens is 200 g/mol. The topological polar surface area (TPSA) is 38.1 Å². The summed E-state index contributed by atoms with van der Waals surface area (Å²) in [4.78, 5) is 4.12. The van der Waals surface area contributed by atoms with Crippen LogP contribution < -0.4 is 5.32 Å². The molecule has 0 saturated heterocycles. The number of nitrogens with one attached hydrogen (secondary N) is 1. The second kappa shape index (κ2) is 4.00. The van der Waals surface area contributed by atoms with Gasteiger partial charge < -0.3 is 9.73 Å². The van der Waals surface area contributed by atoms with E-state index in [0.29, 0.717) is 11.9 Å². The van der Waals surface area contributed by atoms with Gasteiger partial charge in [-0.15, -0.1) is 0 Å². The molecule has 1 aromatic carbocycles. The fourth-order valence-electron chi connectivity index (χ4n) is 1.86. The third kappa shape index (κ3) is 1.81. The molecule has 1 saturated carbocycles. The summed E-state index contributed by atoms with van der Waals surface area (Å²) in [6.07, 6.45) is 7.20. The van der Waals surface area contributed by atoms with E-state index in [4.69, 9.17) is 4.42 Å². The van der Waals surface area contributed by atoms with E-state index in [0.717, 1.165) is 5.56 Å². The maximum atomic E-state index is 5.24.